The number of benzene rings is 4. The first-order valence-corrected chi connectivity index (χ1v) is 14.6. The highest BCUT2D eigenvalue weighted by Crippen LogP contribution is 2.42. The molecule has 4 aromatic rings. The Hall–Kier alpha value is -5.38. The summed E-state index contributed by atoms with van der Waals surface area (Å²) in [6, 6.07) is 20.7. The highest BCUT2D eigenvalue weighted by Gasteiger charge is 2.34. The van der Waals surface area contributed by atoms with Crippen molar-refractivity contribution >= 4 is 11.8 Å². The lowest BCUT2D eigenvalue weighted by Crippen LogP contribution is -2.40. The summed E-state index contributed by atoms with van der Waals surface area (Å²) in [7, 11) is 4.68. The highest BCUT2D eigenvalue weighted by molar-refractivity contribution is 5.97. The molecule has 10 heteroatoms. The normalized spacial score (nSPS) is 15.9. The Balaban J connectivity index is 1.46. The maximum absolute atomic E-state index is 14.2. The Morgan fingerprint density at radius 1 is 0.911 bits per heavy atom. The number of ether oxygens (including phenoxy) is 5. The molecule has 0 aliphatic carbocycles. The van der Waals surface area contributed by atoms with E-state index in [9.17, 15) is 14.7 Å². The quantitative estimate of drug-likeness (QED) is 0.311. The van der Waals surface area contributed by atoms with Gasteiger partial charge in [0.25, 0.3) is 11.8 Å². The molecular formula is C35H34N2O8. The fourth-order valence-corrected chi connectivity index (χ4v) is 5.77. The number of hydrogen-bond donors (Lipinski definition) is 2. The van der Waals surface area contributed by atoms with Gasteiger partial charge in [0.2, 0.25) is 0 Å². The molecule has 2 amide bonds. The van der Waals surface area contributed by atoms with Crippen LogP contribution < -0.4 is 29.0 Å². The number of aromatic hydroxyl groups is 1. The number of methoxy groups -OCH3 is 3. The largest absolute Gasteiger partial charge is 0.507 e. The molecule has 0 radical (unpaired) electrons. The van der Waals surface area contributed by atoms with Crippen LogP contribution in [-0.2, 0) is 6.42 Å². The first-order chi connectivity index (χ1) is 21.9. The summed E-state index contributed by atoms with van der Waals surface area (Å²) in [6.45, 7) is 1.06. The van der Waals surface area contributed by atoms with Crippen molar-refractivity contribution in [3.8, 4) is 40.2 Å². The molecule has 0 saturated carbocycles. The summed E-state index contributed by atoms with van der Waals surface area (Å²) < 4.78 is 28.8. The van der Waals surface area contributed by atoms with E-state index in [4.69, 9.17) is 23.7 Å². The van der Waals surface area contributed by atoms with Crippen LogP contribution in [0.25, 0.3) is 0 Å². The Kier molecular flexibility index (Phi) is 8.37. The van der Waals surface area contributed by atoms with Gasteiger partial charge < -0.3 is 39.0 Å². The molecule has 3 aliphatic heterocycles. The molecule has 7 rings (SSSR count). The van der Waals surface area contributed by atoms with Crippen molar-refractivity contribution in [2.45, 2.75) is 18.9 Å². The number of amides is 2. The first kappa shape index (κ1) is 29.7. The van der Waals surface area contributed by atoms with Gasteiger partial charge in [0.05, 0.1) is 39.5 Å². The predicted molar refractivity (Wildman–Crippen MR) is 166 cm³/mol. The van der Waals surface area contributed by atoms with Gasteiger partial charge >= 0.3 is 0 Å². The zero-order valence-corrected chi connectivity index (χ0v) is 25.3. The van der Waals surface area contributed by atoms with Crippen LogP contribution >= 0.6 is 0 Å². The van der Waals surface area contributed by atoms with Crippen molar-refractivity contribution < 1.29 is 38.4 Å². The minimum Gasteiger partial charge on any atom is -0.507 e. The molecule has 0 spiro atoms. The number of carbonyl (C=O) groups excluding carboxylic acids is 2. The Bertz CT molecular complexity index is 1730. The van der Waals surface area contributed by atoms with Crippen molar-refractivity contribution in [1.82, 2.24) is 10.2 Å². The van der Waals surface area contributed by atoms with Crippen molar-refractivity contribution in [2.75, 3.05) is 41.0 Å². The van der Waals surface area contributed by atoms with Crippen molar-refractivity contribution in [2.24, 2.45) is 0 Å². The van der Waals surface area contributed by atoms with E-state index < -0.39 is 11.9 Å². The number of phenolic OH excluding ortho intramolecular Hbond substituents is 1. The lowest BCUT2D eigenvalue weighted by atomic mass is 9.87. The zero-order chi connectivity index (χ0) is 31.5. The van der Waals surface area contributed by atoms with Crippen molar-refractivity contribution in [1.29, 1.82) is 0 Å². The fraction of sp³-hybridized carbons (Fsp3) is 0.257. The van der Waals surface area contributed by atoms with Gasteiger partial charge in [0.1, 0.15) is 28.7 Å². The predicted octanol–water partition coefficient (Wildman–Crippen LogP) is 5.51. The smallest absolute Gasteiger partial charge is 0.255 e. The van der Waals surface area contributed by atoms with Gasteiger partial charge in [-0.3, -0.25) is 9.59 Å². The van der Waals surface area contributed by atoms with Crippen LogP contribution in [0.15, 0.2) is 72.8 Å². The minimum atomic E-state index is -0.445. The van der Waals surface area contributed by atoms with Crippen LogP contribution in [0, 0.1) is 0 Å². The third-order valence-corrected chi connectivity index (χ3v) is 8.02. The third kappa shape index (κ3) is 6.04. The van der Waals surface area contributed by atoms with E-state index in [1.54, 1.807) is 45.6 Å². The second kappa shape index (κ2) is 12.7. The van der Waals surface area contributed by atoms with Gasteiger partial charge in [0, 0.05) is 24.7 Å². The molecular weight excluding hydrogens is 576 g/mol. The lowest BCUT2D eigenvalue weighted by Gasteiger charge is -2.38. The minimum absolute atomic E-state index is 0.116. The Morgan fingerprint density at radius 3 is 2.42 bits per heavy atom. The van der Waals surface area contributed by atoms with E-state index in [1.807, 2.05) is 41.3 Å². The van der Waals surface area contributed by atoms with E-state index in [1.165, 1.54) is 12.1 Å². The summed E-state index contributed by atoms with van der Waals surface area (Å²) in [5.41, 5.74) is 3.37. The number of rotatable bonds is 4. The average Bonchev–Trinajstić information content (AvgIpc) is 3.07. The van der Waals surface area contributed by atoms with Crippen molar-refractivity contribution in [3.05, 3.63) is 101 Å². The molecule has 4 aromatic carbocycles. The fourth-order valence-electron chi connectivity index (χ4n) is 5.77. The average molecular weight is 611 g/mol. The van der Waals surface area contributed by atoms with E-state index in [0.29, 0.717) is 72.6 Å². The number of nitrogens with one attached hydrogen (secondary N) is 1. The van der Waals surface area contributed by atoms with Gasteiger partial charge in [-0.2, -0.15) is 0 Å². The van der Waals surface area contributed by atoms with Crippen LogP contribution in [-0.4, -0.2) is 62.8 Å². The third-order valence-electron chi connectivity index (χ3n) is 8.02. The topological polar surface area (TPSA) is 116 Å². The SMILES string of the molecule is COc1cc(OC)cc(C(=O)N2CCc3cc4ccc3C2c2ccc(OC)c(c2)OCCCNC(=O)c2cc(ccc2O)O4)c1. The number of hydrogen-bond acceptors (Lipinski definition) is 8. The van der Waals surface area contributed by atoms with Crippen LogP contribution in [0.3, 0.4) is 0 Å². The molecule has 10 nitrogen and oxygen atoms in total. The summed E-state index contributed by atoms with van der Waals surface area (Å²) in [5, 5.41) is 13.2. The Morgan fingerprint density at radius 2 is 1.67 bits per heavy atom. The van der Waals surface area contributed by atoms with Crippen LogP contribution in [0.4, 0.5) is 0 Å². The molecule has 0 saturated heterocycles. The van der Waals surface area contributed by atoms with Crippen LogP contribution in [0.1, 0.15) is 49.9 Å². The summed E-state index contributed by atoms with van der Waals surface area (Å²) in [5.74, 6) is 2.38. The van der Waals surface area contributed by atoms with E-state index >= 15 is 0 Å². The van der Waals surface area contributed by atoms with Gasteiger partial charge in [-0.1, -0.05) is 12.1 Å². The molecule has 0 fully saturated rings. The molecule has 232 valence electrons. The number of nitrogens with zero attached hydrogens (tertiary/aromatic N) is 1. The standard InChI is InChI=1S/C35H34N2O8/c1-41-26-16-23(17-27(19-26)42-2)35(40)37-13-11-21-15-24-6-8-28(21)33(37)22-5-10-31(43-3)32(18-22)44-14-4-12-36-34(39)29-20-25(45-24)7-9-30(29)38/h5-10,15-20,33,38H,4,11-14H2,1-3H3,(H,36,39). The van der Waals surface area contributed by atoms with Crippen LogP contribution in [0.2, 0.25) is 0 Å². The summed E-state index contributed by atoms with van der Waals surface area (Å²) in [6.07, 6.45) is 1.09. The molecule has 1 atom stereocenters. The number of carbonyl (C=O) groups is 2. The molecule has 8 bridgehead atoms. The molecule has 1 unspecified atom stereocenters. The van der Waals surface area contributed by atoms with E-state index in [0.717, 1.165) is 16.7 Å². The van der Waals surface area contributed by atoms with E-state index in [-0.39, 0.29) is 17.2 Å². The van der Waals surface area contributed by atoms with Gasteiger partial charge in [-0.15, -0.1) is 0 Å². The maximum Gasteiger partial charge on any atom is 0.255 e. The second-order valence-electron chi connectivity index (χ2n) is 10.8. The summed E-state index contributed by atoms with van der Waals surface area (Å²) >= 11 is 0. The lowest BCUT2D eigenvalue weighted by molar-refractivity contribution is 0.0693. The van der Waals surface area contributed by atoms with E-state index in [2.05, 4.69) is 5.32 Å². The van der Waals surface area contributed by atoms with Crippen LogP contribution in [0.5, 0.6) is 40.2 Å². The Labute approximate surface area is 261 Å². The number of fused-ring (bicyclic) bond motifs is 6. The second-order valence-corrected chi connectivity index (χ2v) is 10.8. The number of phenols is 1. The zero-order valence-electron chi connectivity index (χ0n) is 25.3. The molecule has 3 heterocycles. The summed E-state index contributed by atoms with van der Waals surface area (Å²) in [4.78, 5) is 28.9. The first-order valence-electron chi connectivity index (χ1n) is 14.6. The van der Waals surface area contributed by atoms with Gasteiger partial charge in [-0.05, 0) is 84.1 Å². The molecule has 2 N–H and O–H groups in total. The monoisotopic (exact) mass is 610 g/mol. The molecule has 0 aromatic heterocycles. The molecule has 3 aliphatic rings. The molecule has 45 heavy (non-hydrogen) atoms. The van der Waals surface area contributed by atoms with Gasteiger partial charge in [0.15, 0.2) is 11.5 Å². The highest BCUT2D eigenvalue weighted by atomic mass is 16.5. The maximum atomic E-state index is 14.2. The van der Waals surface area contributed by atoms with Crippen molar-refractivity contribution in [3.63, 3.8) is 0 Å². The van der Waals surface area contributed by atoms with Gasteiger partial charge in [-0.25, -0.2) is 0 Å².